The fourth-order valence-electron chi connectivity index (χ4n) is 4.30. The van der Waals surface area contributed by atoms with E-state index in [1.807, 2.05) is 4.90 Å². The first-order chi connectivity index (χ1) is 18.7. The molecule has 1 aromatic heterocycles. The van der Waals surface area contributed by atoms with Crippen LogP contribution < -0.4 is 23.8 Å². The van der Waals surface area contributed by atoms with Crippen molar-refractivity contribution in [3.05, 3.63) is 51.7 Å². The van der Waals surface area contributed by atoms with Crippen molar-refractivity contribution in [2.75, 3.05) is 59.5 Å². The molecular weight excluding hydrogens is 512 g/mol. The van der Waals surface area contributed by atoms with Gasteiger partial charge in [-0.25, -0.2) is 0 Å². The van der Waals surface area contributed by atoms with Crippen LogP contribution in [0.4, 0.5) is 11.5 Å². The molecule has 0 bridgehead atoms. The number of hydrogen-bond donors (Lipinski definition) is 0. The molecule has 1 aliphatic heterocycles. The van der Waals surface area contributed by atoms with Crippen LogP contribution in [0.1, 0.15) is 23.0 Å². The van der Waals surface area contributed by atoms with Crippen molar-refractivity contribution in [2.24, 2.45) is 0 Å². The molecule has 1 saturated heterocycles. The number of nitro benzene ring substituents is 1. The van der Waals surface area contributed by atoms with Crippen LogP contribution in [-0.2, 0) is 4.79 Å². The predicted molar refractivity (Wildman–Crippen MR) is 139 cm³/mol. The Balaban J connectivity index is 1.82. The number of benzene rings is 2. The highest BCUT2D eigenvalue weighted by Gasteiger charge is 2.30. The van der Waals surface area contributed by atoms with Gasteiger partial charge in [0, 0.05) is 44.7 Å². The summed E-state index contributed by atoms with van der Waals surface area (Å²) in [6.07, 6.45) is 0. The topological polar surface area (TPSA) is 151 Å². The molecule has 39 heavy (non-hydrogen) atoms. The average molecular weight is 541 g/mol. The Morgan fingerprint density at radius 1 is 0.872 bits per heavy atom. The van der Waals surface area contributed by atoms with Crippen molar-refractivity contribution >= 4 is 23.2 Å². The molecule has 1 fully saturated rings. The number of ether oxygens (including phenoxy) is 4. The van der Waals surface area contributed by atoms with Gasteiger partial charge in [0.15, 0.2) is 28.8 Å². The summed E-state index contributed by atoms with van der Waals surface area (Å²) in [5.74, 6) is 0.724. The Labute approximate surface area is 223 Å². The number of nitro groups is 1. The van der Waals surface area contributed by atoms with Crippen LogP contribution in [0, 0.1) is 10.1 Å². The van der Waals surface area contributed by atoms with Gasteiger partial charge in [0.1, 0.15) is 0 Å². The lowest BCUT2D eigenvalue weighted by molar-refractivity contribution is -0.385. The third-order valence-corrected chi connectivity index (χ3v) is 6.35. The Hall–Kier alpha value is -4.88. The second kappa shape index (κ2) is 11.2. The minimum absolute atomic E-state index is 0.0130. The minimum atomic E-state index is -0.574. The summed E-state index contributed by atoms with van der Waals surface area (Å²) >= 11 is 0. The normalized spacial score (nSPS) is 13.2. The van der Waals surface area contributed by atoms with Crippen molar-refractivity contribution in [3.8, 4) is 28.7 Å². The second-order valence-corrected chi connectivity index (χ2v) is 8.51. The molecule has 206 valence electrons. The lowest BCUT2D eigenvalue weighted by atomic mass is 10.1. The zero-order valence-electron chi connectivity index (χ0n) is 22.2. The molecule has 14 heteroatoms. The van der Waals surface area contributed by atoms with E-state index in [-0.39, 0.29) is 51.6 Å². The third kappa shape index (κ3) is 5.26. The first kappa shape index (κ1) is 27.2. The molecular formula is C25H28N6O8. The Morgan fingerprint density at radius 3 is 2.00 bits per heavy atom. The van der Waals surface area contributed by atoms with Gasteiger partial charge in [-0.1, -0.05) is 0 Å². The Morgan fingerprint density at radius 2 is 1.49 bits per heavy atom. The van der Waals surface area contributed by atoms with E-state index in [4.69, 9.17) is 18.9 Å². The fraction of sp³-hybridized carbons (Fsp3) is 0.360. The number of hydrogen-bond acceptors (Lipinski definition) is 11. The summed E-state index contributed by atoms with van der Waals surface area (Å²) in [4.78, 5) is 41.4. The quantitative estimate of drug-likeness (QED) is 0.223. The molecule has 0 spiro atoms. The number of nitrogens with zero attached hydrogens (tertiary/aromatic N) is 6. The number of ketones is 1. The van der Waals surface area contributed by atoms with Crippen molar-refractivity contribution in [1.29, 1.82) is 0 Å². The molecule has 3 aromatic rings. The van der Waals surface area contributed by atoms with Crippen molar-refractivity contribution < 1.29 is 33.5 Å². The minimum Gasteiger partial charge on any atom is -0.493 e. The average Bonchev–Trinajstić information content (AvgIpc) is 3.41. The molecule has 4 rings (SSSR count). The number of methoxy groups -OCH3 is 4. The van der Waals surface area contributed by atoms with E-state index in [2.05, 4.69) is 10.2 Å². The lowest BCUT2D eigenvalue weighted by Crippen LogP contribution is -2.48. The fourth-order valence-corrected chi connectivity index (χ4v) is 4.30. The highest BCUT2D eigenvalue weighted by Crippen LogP contribution is 2.39. The molecule has 2 aromatic carbocycles. The van der Waals surface area contributed by atoms with Crippen LogP contribution in [0.5, 0.6) is 23.0 Å². The van der Waals surface area contributed by atoms with Gasteiger partial charge >= 0.3 is 5.69 Å². The Bertz CT molecular complexity index is 1390. The van der Waals surface area contributed by atoms with Crippen LogP contribution >= 0.6 is 0 Å². The van der Waals surface area contributed by atoms with E-state index in [0.717, 1.165) is 0 Å². The molecule has 0 radical (unpaired) electrons. The summed E-state index contributed by atoms with van der Waals surface area (Å²) in [6, 6.07) is 7.28. The molecule has 1 amide bonds. The van der Waals surface area contributed by atoms with E-state index >= 15 is 0 Å². The summed E-state index contributed by atoms with van der Waals surface area (Å²) in [5, 5.41) is 20.6. The second-order valence-electron chi connectivity index (χ2n) is 8.51. The van der Waals surface area contributed by atoms with Crippen LogP contribution in [0.3, 0.4) is 0 Å². The summed E-state index contributed by atoms with van der Waals surface area (Å²) < 4.78 is 21.2. The van der Waals surface area contributed by atoms with E-state index in [0.29, 0.717) is 31.9 Å². The standard InChI is InChI=1S/C25H28N6O8/c1-15(32)28-8-10-29(11-9-28)25-22(23(33)16-12-20(37-3)24(39-5)21(13-16)38-4)26-30(27-25)17-6-7-19(36-2)18(14-17)31(34)35/h6-7,12-14H,8-11H2,1-5H3. The molecule has 0 saturated carbocycles. The van der Waals surface area contributed by atoms with Gasteiger partial charge in [-0.2, -0.15) is 0 Å². The van der Waals surface area contributed by atoms with Crippen LogP contribution in [0.15, 0.2) is 30.3 Å². The van der Waals surface area contributed by atoms with Gasteiger partial charge in [0.05, 0.1) is 39.0 Å². The Kier molecular flexibility index (Phi) is 7.83. The largest absolute Gasteiger partial charge is 0.493 e. The lowest BCUT2D eigenvalue weighted by Gasteiger charge is -2.34. The monoisotopic (exact) mass is 540 g/mol. The predicted octanol–water partition coefficient (Wildman–Crippen LogP) is 2.11. The zero-order valence-corrected chi connectivity index (χ0v) is 22.2. The maximum atomic E-state index is 13.9. The number of rotatable bonds is 9. The highest BCUT2D eigenvalue weighted by atomic mass is 16.6. The molecule has 0 atom stereocenters. The van der Waals surface area contributed by atoms with Gasteiger partial charge in [0.25, 0.3) is 0 Å². The maximum absolute atomic E-state index is 13.9. The smallest absolute Gasteiger partial charge is 0.313 e. The van der Waals surface area contributed by atoms with E-state index in [1.54, 1.807) is 11.0 Å². The number of anilines is 1. The van der Waals surface area contributed by atoms with E-state index in [1.165, 1.54) is 64.4 Å². The SMILES string of the molecule is COc1ccc(-n2nc(C(=O)c3cc(OC)c(OC)c(OC)c3)c(N3CCN(C(C)=O)CC3)n2)cc1[N+](=O)[O-]. The third-order valence-electron chi connectivity index (χ3n) is 6.35. The highest BCUT2D eigenvalue weighted by molar-refractivity contribution is 6.11. The van der Waals surface area contributed by atoms with Gasteiger partial charge in [0.2, 0.25) is 17.4 Å². The molecule has 0 unspecified atom stereocenters. The van der Waals surface area contributed by atoms with Gasteiger partial charge < -0.3 is 28.7 Å². The van der Waals surface area contributed by atoms with Crippen molar-refractivity contribution in [3.63, 3.8) is 0 Å². The summed E-state index contributed by atoms with van der Waals surface area (Å²) in [7, 11) is 5.68. The van der Waals surface area contributed by atoms with Gasteiger partial charge in [-0.15, -0.1) is 15.0 Å². The van der Waals surface area contributed by atoms with Crippen molar-refractivity contribution in [2.45, 2.75) is 6.92 Å². The first-order valence-electron chi connectivity index (χ1n) is 11.9. The summed E-state index contributed by atoms with van der Waals surface area (Å²) in [5.41, 5.74) is 0.205. The zero-order chi connectivity index (χ0) is 28.3. The molecule has 0 aliphatic carbocycles. The van der Waals surface area contributed by atoms with Gasteiger partial charge in [-0.3, -0.25) is 19.7 Å². The van der Waals surface area contributed by atoms with Crippen LogP contribution in [0.2, 0.25) is 0 Å². The maximum Gasteiger partial charge on any atom is 0.313 e. The summed E-state index contributed by atoms with van der Waals surface area (Å²) in [6.45, 7) is 3.21. The van der Waals surface area contributed by atoms with Crippen molar-refractivity contribution in [1.82, 2.24) is 19.9 Å². The van der Waals surface area contributed by atoms with E-state index in [9.17, 15) is 19.7 Å². The molecule has 1 aliphatic rings. The van der Waals surface area contributed by atoms with Crippen LogP contribution in [0.25, 0.3) is 5.69 Å². The number of carbonyl (C=O) groups excluding carboxylic acids is 2. The molecule has 14 nitrogen and oxygen atoms in total. The van der Waals surface area contributed by atoms with E-state index < -0.39 is 10.7 Å². The molecule has 0 N–H and O–H groups in total. The number of aromatic nitrogens is 3. The molecule has 2 heterocycles. The first-order valence-corrected chi connectivity index (χ1v) is 11.9. The van der Waals surface area contributed by atoms with Gasteiger partial charge in [-0.05, 0) is 24.3 Å². The number of piperazine rings is 1. The number of amides is 1. The van der Waals surface area contributed by atoms with Crippen LogP contribution in [-0.4, -0.2) is 91.1 Å². The number of carbonyl (C=O) groups is 2.